The zero-order chi connectivity index (χ0) is 11.6. The predicted molar refractivity (Wildman–Crippen MR) is 64.1 cm³/mol. The number of carbonyl (C=O) groups is 1. The minimum absolute atomic E-state index is 0.0904. The van der Waals surface area contributed by atoms with Crippen molar-refractivity contribution in [2.45, 2.75) is 45.9 Å². The first-order valence-corrected chi connectivity index (χ1v) is 6.18. The van der Waals surface area contributed by atoms with E-state index in [0.717, 1.165) is 25.9 Å². The molecule has 1 rings (SSSR count). The molecule has 0 saturated carbocycles. The number of carbonyl (C=O) groups excluding carboxylic acids is 1. The molecule has 1 aliphatic heterocycles. The van der Waals surface area contributed by atoms with Crippen molar-refractivity contribution >= 4 is 17.5 Å². The summed E-state index contributed by atoms with van der Waals surface area (Å²) >= 11 is 6.22. The van der Waals surface area contributed by atoms with Crippen LogP contribution in [0.4, 0.5) is 0 Å². The van der Waals surface area contributed by atoms with Crippen molar-refractivity contribution in [3.63, 3.8) is 0 Å². The highest BCUT2D eigenvalue weighted by Crippen LogP contribution is 2.31. The van der Waals surface area contributed by atoms with E-state index < -0.39 is 0 Å². The number of rotatable bonds is 1. The Hall–Kier alpha value is -0.240. The van der Waals surface area contributed by atoms with Gasteiger partial charge in [0.15, 0.2) is 0 Å². The Morgan fingerprint density at radius 3 is 2.60 bits per heavy atom. The second-order valence-corrected chi connectivity index (χ2v) is 6.29. The molecular weight excluding hydrogens is 210 g/mol. The lowest BCUT2D eigenvalue weighted by Gasteiger charge is -2.30. The van der Waals surface area contributed by atoms with Crippen LogP contribution in [-0.4, -0.2) is 29.3 Å². The van der Waals surface area contributed by atoms with Crippen LogP contribution in [0.5, 0.6) is 0 Å². The molecule has 2 nitrogen and oxygen atoms in total. The topological polar surface area (TPSA) is 20.3 Å². The number of amides is 1. The molecule has 1 fully saturated rings. The molecule has 1 aliphatic rings. The lowest BCUT2D eigenvalue weighted by Crippen LogP contribution is -2.39. The molecular formula is C12H22ClNO. The highest BCUT2D eigenvalue weighted by atomic mass is 35.5. The van der Waals surface area contributed by atoms with Gasteiger partial charge >= 0.3 is 0 Å². The molecule has 1 atom stereocenters. The van der Waals surface area contributed by atoms with Crippen LogP contribution in [0.2, 0.25) is 0 Å². The normalized spacial score (nSPS) is 26.5. The van der Waals surface area contributed by atoms with E-state index >= 15 is 0 Å². The van der Waals surface area contributed by atoms with E-state index in [-0.39, 0.29) is 22.6 Å². The zero-order valence-corrected chi connectivity index (χ0v) is 11.0. The Kier molecular flexibility index (Phi) is 4.05. The number of nitrogens with zero attached hydrogens (tertiary/aromatic N) is 1. The lowest BCUT2D eigenvalue weighted by atomic mass is 9.88. The molecule has 0 aromatic rings. The van der Waals surface area contributed by atoms with Gasteiger partial charge in [0.25, 0.3) is 0 Å². The van der Waals surface area contributed by atoms with Crippen LogP contribution in [0, 0.1) is 11.3 Å². The lowest BCUT2D eigenvalue weighted by molar-refractivity contribution is -0.135. The van der Waals surface area contributed by atoms with Crippen LogP contribution in [-0.2, 0) is 4.79 Å². The maximum Gasteiger partial charge on any atom is 0.225 e. The van der Waals surface area contributed by atoms with Crippen molar-refractivity contribution in [1.82, 2.24) is 4.90 Å². The third-order valence-electron chi connectivity index (χ3n) is 2.91. The summed E-state index contributed by atoms with van der Waals surface area (Å²) in [6.07, 6.45) is 1.92. The van der Waals surface area contributed by atoms with Crippen LogP contribution in [0.25, 0.3) is 0 Å². The molecule has 0 N–H and O–H groups in total. The number of alkyl halides is 1. The van der Waals surface area contributed by atoms with Gasteiger partial charge in [0.2, 0.25) is 5.91 Å². The van der Waals surface area contributed by atoms with Gasteiger partial charge in [-0.3, -0.25) is 4.79 Å². The van der Waals surface area contributed by atoms with E-state index in [1.165, 1.54) is 0 Å². The summed E-state index contributed by atoms with van der Waals surface area (Å²) in [5.74, 6) is 0.349. The van der Waals surface area contributed by atoms with Crippen LogP contribution >= 0.6 is 11.6 Å². The molecule has 3 heteroatoms. The molecule has 1 saturated heterocycles. The van der Waals surface area contributed by atoms with E-state index in [9.17, 15) is 4.79 Å². The van der Waals surface area contributed by atoms with Gasteiger partial charge in [-0.2, -0.15) is 0 Å². The van der Waals surface area contributed by atoms with Crippen molar-refractivity contribution in [1.29, 1.82) is 0 Å². The zero-order valence-electron chi connectivity index (χ0n) is 10.2. The maximum atomic E-state index is 11.9. The Balaban J connectivity index is 2.71. The Labute approximate surface area is 98.0 Å². The van der Waals surface area contributed by atoms with E-state index in [1.807, 2.05) is 18.7 Å². The summed E-state index contributed by atoms with van der Waals surface area (Å²) in [5.41, 5.74) is 0.146. The van der Waals surface area contributed by atoms with E-state index in [0.29, 0.717) is 0 Å². The summed E-state index contributed by atoms with van der Waals surface area (Å²) in [6, 6.07) is 0. The van der Waals surface area contributed by atoms with Gasteiger partial charge in [-0.05, 0) is 18.3 Å². The fourth-order valence-electron chi connectivity index (χ4n) is 2.21. The third kappa shape index (κ3) is 3.67. The molecule has 15 heavy (non-hydrogen) atoms. The van der Waals surface area contributed by atoms with Crippen molar-refractivity contribution in [2.24, 2.45) is 11.3 Å². The van der Waals surface area contributed by atoms with Gasteiger partial charge in [-0.25, -0.2) is 0 Å². The molecule has 0 bridgehead atoms. The van der Waals surface area contributed by atoms with Crippen LogP contribution in [0.3, 0.4) is 0 Å². The van der Waals surface area contributed by atoms with Gasteiger partial charge in [0, 0.05) is 24.4 Å². The number of likely N-dealkylation sites (tertiary alicyclic amines) is 1. The highest BCUT2D eigenvalue weighted by molar-refractivity contribution is 6.20. The Morgan fingerprint density at radius 1 is 1.47 bits per heavy atom. The summed E-state index contributed by atoms with van der Waals surface area (Å²) in [7, 11) is 0. The molecule has 1 heterocycles. The molecule has 0 aliphatic carbocycles. The van der Waals surface area contributed by atoms with Gasteiger partial charge in [-0.1, -0.05) is 27.7 Å². The van der Waals surface area contributed by atoms with E-state index in [1.54, 1.807) is 0 Å². The maximum absolute atomic E-state index is 11.9. The molecule has 1 unspecified atom stereocenters. The van der Waals surface area contributed by atoms with Crippen LogP contribution in [0.15, 0.2) is 0 Å². The molecule has 0 radical (unpaired) electrons. The van der Waals surface area contributed by atoms with Crippen molar-refractivity contribution in [2.75, 3.05) is 13.1 Å². The first-order valence-electron chi connectivity index (χ1n) is 5.75. The van der Waals surface area contributed by atoms with Gasteiger partial charge in [0.1, 0.15) is 0 Å². The minimum atomic E-state index is 0.0904. The third-order valence-corrected chi connectivity index (χ3v) is 3.28. The largest absolute Gasteiger partial charge is 0.342 e. The molecule has 0 aromatic heterocycles. The first kappa shape index (κ1) is 12.8. The van der Waals surface area contributed by atoms with E-state index in [4.69, 9.17) is 11.6 Å². The fourth-order valence-corrected chi connectivity index (χ4v) is 2.73. The van der Waals surface area contributed by atoms with Crippen molar-refractivity contribution < 1.29 is 4.79 Å². The smallest absolute Gasteiger partial charge is 0.225 e. The van der Waals surface area contributed by atoms with Crippen molar-refractivity contribution in [3.8, 4) is 0 Å². The van der Waals surface area contributed by atoms with Crippen molar-refractivity contribution in [3.05, 3.63) is 0 Å². The SMILES string of the molecule is CC(C)C(=O)N1CCC(Cl)CC(C)(C)C1. The monoisotopic (exact) mass is 231 g/mol. The number of hydrogen-bond donors (Lipinski definition) is 0. The predicted octanol–water partition coefficient (Wildman–Crippen LogP) is 2.90. The Morgan fingerprint density at radius 2 is 2.07 bits per heavy atom. The van der Waals surface area contributed by atoms with Gasteiger partial charge in [-0.15, -0.1) is 11.6 Å². The van der Waals surface area contributed by atoms with Crippen LogP contribution < -0.4 is 0 Å². The first-order chi connectivity index (χ1) is 6.82. The summed E-state index contributed by atoms with van der Waals surface area (Å²) in [5, 5.41) is 0.213. The molecule has 0 aromatic carbocycles. The average molecular weight is 232 g/mol. The van der Waals surface area contributed by atoms with Gasteiger partial charge < -0.3 is 4.90 Å². The number of halogens is 1. The number of hydrogen-bond acceptors (Lipinski definition) is 1. The standard InChI is InChI=1S/C12H22ClNO/c1-9(2)11(15)14-6-5-10(13)7-12(3,4)8-14/h9-10H,5-8H2,1-4H3. The van der Waals surface area contributed by atoms with E-state index in [2.05, 4.69) is 13.8 Å². The Bertz CT molecular complexity index is 238. The second kappa shape index (κ2) is 4.73. The minimum Gasteiger partial charge on any atom is -0.342 e. The summed E-state index contributed by atoms with van der Waals surface area (Å²) in [6.45, 7) is 9.95. The average Bonchev–Trinajstić information content (AvgIpc) is 2.21. The quantitative estimate of drug-likeness (QED) is 0.636. The molecule has 88 valence electrons. The second-order valence-electron chi connectivity index (χ2n) is 5.67. The molecule has 1 amide bonds. The van der Waals surface area contributed by atoms with Gasteiger partial charge in [0.05, 0.1) is 0 Å². The summed E-state index contributed by atoms with van der Waals surface area (Å²) < 4.78 is 0. The molecule has 0 spiro atoms. The highest BCUT2D eigenvalue weighted by Gasteiger charge is 2.31. The van der Waals surface area contributed by atoms with Crippen LogP contribution in [0.1, 0.15) is 40.5 Å². The summed E-state index contributed by atoms with van der Waals surface area (Å²) in [4.78, 5) is 13.9. The fraction of sp³-hybridized carbons (Fsp3) is 0.917.